The molecule has 0 aliphatic rings. The summed E-state index contributed by atoms with van der Waals surface area (Å²) in [5.41, 5.74) is 6.12. The number of pyridine rings is 1. The van der Waals surface area contributed by atoms with Crippen molar-refractivity contribution in [2.24, 2.45) is 7.05 Å². The number of rotatable bonds is 4. The molecule has 10 nitrogen and oxygen atoms in total. The highest BCUT2D eigenvalue weighted by Crippen LogP contribution is 2.33. The molecule has 0 aliphatic heterocycles. The number of nitrogen functional groups attached to an aromatic ring is 1. The summed E-state index contributed by atoms with van der Waals surface area (Å²) in [6, 6.07) is 12.0. The molecule has 4 heterocycles. The lowest BCUT2D eigenvalue weighted by Gasteiger charge is -2.10. The molecule has 0 saturated heterocycles. The molecule has 3 N–H and O–H groups in total. The summed E-state index contributed by atoms with van der Waals surface area (Å²) in [5, 5.41) is 4.31. The van der Waals surface area contributed by atoms with Gasteiger partial charge in [0.2, 0.25) is 11.2 Å². The fraction of sp³-hybridized carbons (Fsp3) is 0.136. The normalized spacial score (nSPS) is 11.9. The number of nitrogens with one attached hydrogen (secondary N) is 1. The van der Waals surface area contributed by atoms with E-state index in [0.29, 0.717) is 28.8 Å². The second kappa shape index (κ2) is 7.97. The highest BCUT2D eigenvalue weighted by atomic mass is 19.4. The predicted octanol–water partition coefficient (Wildman–Crippen LogP) is 1.98. The average molecular weight is 484 g/mol. The number of fused-ring (bicyclic) bond motifs is 1. The van der Waals surface area contributed by atoms with E-state index in [1.807, 2.05) is 18.2 Å². The second-order valence-corrected chi connectivity index (χ2v) is 7.71. The van der Waals surface area contributed by atoms with Crippen molar-refractivity contribution in [1.29, 1.82) is 0 Å². The number of anilines is 1. The van der Waals surface area contributed by atoms with E-state index in [4.69, 9.17) is 10.2 Å². The van der Waals surface area contributed by atoms with Gasteiger partial charge < -0.3 is 8.98 Å². The van der Waals surface area contributed by atoms with Crippen molar-refractivity contribution in [3.63, 3.8) is 0 Å². The summed E-state index contributed by atoms with van der Waals surface area (Å²) in [5.74, 6) is -0.658. The highest BCUT2D eigenvalue weighted by molar-refractivity contribution is 5.88. The van der Waals surface area contributed by atoms with Crippen LogP contribution in [0.1, 0.15) is 11.5 Å². The molecule has 5 rings (SSSR count). The van der Waals surface area contributed by atoms with Crippen molar-refractivity contribution in [3.8, 4) is 22.4 Å². The Bertz CT molecular complexity index is 1680. The SMILES string of the molecule is Cn1cc(-c2c(-c3ccccc3)[nH+]c(N)n3c(=O)n(Cc4ocnc4C(F)(F)F)nc23)ccc1=O. The van der Waals surface area contributed by atoms with Crippen molar-refractivity contribution in [2.45, 2.75) is 12.7 Å². The van der Waals surface area contributed by atoms with E-state index in [1.54, 1.807) is 31.4 Å². The lowest BCUT2D eigenvalue weighted by Crippen LogP contribution is -2.28. The van der Waals surface area contributed by atoms with Gasteiger partial charge in [-0.3, -0.25) is 10.5 Å². The lowest BCUT2D eigenvalue weighted by molar-refractivity contribution is -0.351. The van der Waals surface area contributed by atoms with Crippen LogP contribution >= 0.6 is 0 Å². The minimum Gasteiger partial charge on any atom is -0.446 e. The molecule has 0 aliphatic carbocycles. The number of hydrogen-bond acceptors (Lipinski definition) is 6. The third-order valence-corrected chi connectivity index (χ3v) is 5.45. The quantitative estimate of drug-likeness (QED) is 0.416. The lowest BCUT2D eigenvalue weighted by atomic mass is 10.0. The first-order valence-electron chi connectivity index (χ1n) is 10.2. The Balaban J connectivity index is 1.79. The molecular weight excluding hydrogens is 467 g/mol. The number of aromatic nitrogens is 6. The summed E-state index contributed by atoms with van der Waals surface area (Å²) < 4.78 is 47.9. The van der Waals surface area contributed by atoms with Crippen molar-refractivity contribution in [1.82, 2.24) is 23.7 Å². The van der Waals surface area contributed by atoms with Crippen LogP contribution in [0.4, 0.5) is 19.1 Å². The number of nitrogens with two attached hydrogens (primary N) is 1. The molecule has 0 spiro atoms. The first-order valence-corrected chi connectivity index (χ1v) is 10.2. The van der Waals surface area contributed by atoms with E-state index in [1.165, 1.54) is 10.6 Å². The zero-order chi connectivity index (χ0) is 24.9. The maximum Gasteiger partial charge on any atom is 0.436 e. The Hall–Kier alpha value is -4.68. The van der Waals surface area contributed by atoms with Crippen molar-refractivity contribution < 1.29 is 22.6 Å². The van der Waals surface area contributed by atoms with Crippen molar-refractivity contribution in [2.75, 3.05) is 5.73 Å². The number of aryl methyl sites for hydroxylation is 1. The molecule has 5 aromatic rings. The fourth-order valence-electron chi connectivity index (χ4n) is 3.83. The van der Waals surface area contributed by atoms with Crippen LogP contribution in [0.15, 0.2) is 69.1 Å². The number of hydrogen-bond donors (Lipinski definition) is 1. The van der Waals surface area contributed by atoms with Crippen LogP contribution < -0.4 is 22.0 Å². The van der Waals surface area contributed by atoms with E-state index in [-0.39, 0.29) is 17.2 Å². The van der Waals surface area contributed by atoms with Crippen LogP contribution in [0.5, 0.6) is 0 Å². The monoisotopic (exact) mass is 484 g/mol. The van der Waals surface area contributed by atoms with Crippen LogP contribution in [0.25, 0.3) is 28.0 Å². The largest absolute Gasteiger partial charge is 0.446 e. The molecular formula is C22H17F3N7O3+. The molecule has 0 saturated carbocycles. The molecule has 178 valence electrons. The van der Waals surface area contributed by atoms with E-state index in [0.717, 1.165) is 9.08 Å². The van der Waals surface area contributed by atoms with Gasteiger partial charge in [-0.05, 0) is 6.07 Å². The van der Waals surface area contributed by atoms with Gasteiger partial charge in [-0.15, -0.1) is 9.50 Å². The molecule has 0 unspecified atom stereocenters. The number of benzene rings is 1. The van der Waals surface area contributed by atoms with Crippen molar-refractivity contribution >= 4 is 11.6 Å². The van der Waals surface area contributed by atoms with Crippen LogP contribution in [-0.4, -0.2) is 23.7 Å². The van der Waals surface area contributed by atoms with Gasteiger partial charge in [0.1, 0.15) is 12.2 Å². The van der Waals surface area contributed by atoms with Gasteiger partial charge in [0.15, 0.2) is 17.8 Å². The van der Waals surface area contributed by atoms with Gasteiger partial charge in [-0.25, -0.2) is 14.8 Å². The van der Waals surface area contributed by atoms with Gasteiger partial charge in [0.25, 0.3) is 0 Å². The number of aromatic amines is 1. The third kappa shape index (κ3) is 3.76. The Morgan fingerprint density at radius 3 is 2.51 bits per heavy atom. The molecule has 0 radical (unpaired) electrons. The maximum atomic E-state index is 13.3. The number of oxazole rings is 1. The molecule has 0 atom stereocenters. The van der Waals surface area contributed by atoms with E-state index >= 15 is 0 Å². The number of alkyl halides is 3. The number of H-pyrrole nitrogens is 1. The summed E-state index contributed by atoms with van der Waals surface area (Å²) >= 11 is 0. The third-order valence-electron chi connectivity index (χ3n) is 5.45. The Morgan fingerprint density at radius 1 is 1.09 bits per heavy atom. The van der Waals surface area contributed by atoms with E-state index in [2.05, 4.69) is 15.1 Å². The first kappa shape index (κ1) is 22.1. The molecule has 0 bridgehead atoms. The molecule has 13 heteroatoms. The predicted molar refractivity (Wildman–Crippen MR) is 117 cm³/mol. The van der Waals surface area contributed by atoms with Gasteiger partial charge >= 0.3 is 17.8 Å². The second-order valence-electron chi connectivity index (χ2n) is 7.71. The molecule has 35 heavy (non-hydrogen) atoms. The van der Waals surface area contributed by atoms with E-state index < -0.39 is 29.9 Å². The smallest absolute Gasteiger partial charge is 0.436 e. The van der Waals surface area contributed by atoms with Gasteiger partial charge in [-0.2, -0.15) is 17.9 Å². The van der Waals surface area contributed by atoms with Crippen LogP contribution in [-0.2, 0) is 19.8 Å². The fourth-order valence-corrected chi connectivity index (χ4v) is 3.83. The maximum absolute atomic E-state index is 13.3. The standard InChI is InChI=1S/C22H16F3N7O3/c1-30-9-13(7-8-15(30)33)16-17(12-5-3-2-4-6-12)28-20(26)32-19(16)29-31(21(32)34)10-14-18(22(23,24)25)27-11-35-14/h2-9,11H,10H2,1H3,(H2,26,28)/p+1. The average Bonchev–Trinajstić information content (AvgIpc) is 3.42. The summed E-state index contributed by atoms with van der Waals surface area (Å²) in [7, 11) is 1.57. The van der Waals surface area contributed by atoms with Crippen LogP contribution in [0.2, 0.25) is 0 Å². The molecule has 0 fully saturated rings. The van der Waals surface area contributed by atoms with E-state index in [9.17, 15) is 22.8 Å². The zero-order valence-electron chi connectivity index (χ0n) is 18.1. The number of nitrogens with zero attached hydrogens (tertiary/aromatic N) is 5. The first-order chi connectivity index (χ1) is 16.6. The zero-order valence-corrected chi connectivity index (χ0v) is 18.1. The summed E-state index contributed by atoms with van der Waals surface area (Å²) in [6.45, 7) is -0.623. The molecule has 0 amide bonds. The topological polar surface area (TPSA) is 127 Å². The minimum atomic E-state index is -4.77. The van der Waals surface area contributed by atoms with Crippen LogP contribution in [0.3, 0.4) is 0 Å². The number of halogens is 3. The van der Waals surface area contributed by atoms with Crippen LogP contribution in [0, 0.1) is 0 Å². The van der Waals surface area contributed by atoms with Gasteiger partial charge in [-0.1, -0.05) is 30.3 Å². The Kier molecular flexibility index (Phi) is 5.04. The minimum absolute atomic E-state index is 0.0804. The highest BCUT2D eigenvalue weighted by Gasteiger charge is 2.38. The Labute approximate surface area is 193 Å². The van der Waals surface area contributed by atoms with Crippen molar-refractivity contribution in [3.05, 3.63) is 87.3 Å². The van der Waals surface area contributed by atoms with Gasteiger partial charge in [0, 0.05) is 30.4 Å². The van der Waals surface area contributed by atoms with Gasteiger partial charge in [0.05, 0.1) is 5.56 Å². The summed E-state index contributed by atoms with van der Waals surface area (Å²) in [6.07, 6.45) is -2.54. The molecule has 1 aromatic carbocycles. The Morgan fingerprint density at radius 2 is 1.83 bits per heavy atom. The molecule has 4 aromatic heterocycles. The summed E-state index contributed by atoms with van der Waals surface area (Å²) in [4.78, 5) is 31.3.